The van der Waals surface area contributed by atoms with Crippen LogP contribution < -0.4 is 5.73 Å². The maximum atomic E-state index is 12.1. The summed E-state index contributed by atoms with van der Waals surface area (Å²) >= 11 is 0. The number of likely N-dealkylation sites (N-methyl/N-ethyl adjacent to an activating group) is 1. The summed E-state index contributed by atoms with van der Waals surface area (Å²) in [5, 5.41) is 0. The Morgan fingerprint density at radius 1 is 1.56 bits per heavy atom. The van der Waals surface area contributed by atoms with Crippen LogP contribution in [0.15, 0.2) is 24.3 Å². The van der Waals surface area contributed by atoms with Crippen LogP contribution in [0.25, 0.3) is 0 Å². The zero-order valence-electron chi connectivity index (χ0n) is 10.8. The molecule has 18 heavy (non-hydrogen) atoms. The summed E-state index contributed by atoms with van der Waals surface area (Å²) in [5.74, 6) is 0.243. The van der Waals surface area contributed by atoms with Crippen molar-refractivity contribution >= 4 is 11.6 Å². The number of carbonyl (C=O) groups is 1. The van der Waals surface area contributed by atoms with Crippen molar-refractivity contribution in [3.8, 4) is 0 Å². The molecule has 1 aliphatic heterocycles. The van der Waals surface area contributed by atoms with Gasteiger partial charge in [-0.2, -0.15) is 0 Å². The van der Waals surface area contributed by atoms with Crippen molar-refractivity contribution in [3.63, 3.8) is 0 Å². The van der Waals surface area contributed by atoms with Crippen molar-refractivity contribution in [3.05, 3.63) is 29.8 Å². The van der Waals surface area contributed by atoms with Gasteiger partial charge in [0.1, 0.15) is 0 Å². The van der Waals surface area contributed by atoms with Gasteiger partial charge in [-0.25, -0.2) is 0 Å². The molecule has 1 saturated heterocycles. The molecule has 2 rings (SSSR count). The van der Waals surface area contributed by atoms with E-state index in [2.05, 4.69) is 0 Å². The normalized spacial score (nSPS) is 18.8. The number of nitrogens with zero attached hydrogens (tertiary/aromatic N) is 1. The van der Waals surface area contributed by atoms with Crippen LogP contribution in [0, 0.1) is 5.92 Å². The molecule has 0 radical (unpaired) electrons. The first-order chi connectivity index (χ1) is 8.66. The third kappa shape index (κ3) is 3.23. The monoisotopic (exact) mass is 248 g/mol. The first kappa shape index (κ1) is 12.9. The van der Waals surface area contributed by atoms with E-state index in [9.17, 15) is 4.79 Å². The van der Waals surface area contributed by atoms with Crippen LogP contribution in [0.1, 0.15) is 12.0 Å². The van der Waals surface area contributed by atoms with Gasteiger partial charge in [0.05, 0.1) is 12.5 Å². The Kier molecular flexibility index (Phi) is 4.20. The molecule has 1 aromatic rings. The second-order valence-electron chi connectivity index (χ2n) is 4.82. The maximum Gasteiger partial charge on any atom is 0.227 e. The van der Waals surface area contributed by atoms with Gasteiger partial charge in [0.2, 0.25) is 5.91 Å². The number of amides is 1. The Morgan fingerprint density at radius 3 is 3.06 bits per heavy atom. The van der Waals surface area contributed by atoms with Crippen molar-refractivity contribution in [1.29, 1.82) is 0 Å². The molecule has 0 bridgehead atoms. The molecule has 1 amide bonds. The fraction of sp³-hybridized carbons (Fsp3) is 0.500. The molecule has 0 aromatic heterocycles. The highest BCUT2D eigenvalue weighted by Gasteiger charge is 2.25. The van der Waals surface area contributed by atoms with Gasteiger partial charge in [-0.05, 0) is 30.5 Å². The highest BCUT2D eigenvalue weighted by Crippen LogP contribution is 2.15. The first-order valence-corrected chi connectivity index (χ1v) is 6.34. The van der Waals surface area contributed by atoms with Crippen LogP contribution in [0.3, 0.4) is 0 Å². The lowest BCUT2D eigenvalue weighted by atomic mass is 10.1. The van der Waals surface area contributed by atoms with Crippen molar-refractivity contribution in [2.24, 2.45) is 5.92 Å². The maximum absolute atomic E-state index is 12.1. The molecule has 98 valence electrons. The van der Waals surface area contributed by atoms with E-state index in [0.29, 0.717) is 13.2 Å². The Labute approximate surface area is 108 Å². The van der Waals surface area contributed by atoms with Gasteiger partial charge in [0.25, 0.3) is 0 Å². The minimum atomic E-state index is 0.0517. The van der Waals surface area contributed by atoms with Gasteiger partial charge < -0.3 is 15.4 Å². The number of nitrogens with two attached hydrogens (primary N) is 1. The van der Waals surface area contributed by atoms with Crippen LogP contribution in [0.5, 0.6) is 0 Å². The molecular weight excluding hydrogens is 228 g/mol. The molecule has 1 atom stereocenters. The van der Waals surface area contributed by atoms with Gasteiger partial charge in [-0.1, -0.05) is 12.1 Å². The summed E-state index contributed by atoms with van der Waals surface area (Å²) in [5.41, 5.74) is 7.66. The van der Waals surface area contributed by atoms with E-state index < -0.39 is 0 Å². The van der Waals surface area contributed by atoms with Gasteiger partial charge >= 0.3 is 0 Å². The molecule has 1 aliphatic rings. The first-order valence-electron chi connectivity index (χ1n) is 6.34. The number of rotatable bonds is 4. The summed E-state index contributed by atoms with van der Waals surface area (Å²) in [4.78, 5) is 13.8. The number of ether oxygens (including phenoxy) is 1. The number of carbonyl (C=O) groups excluding carboxylic acids is 1. The van der Waals surface area contributed by atoms with Crippen LogP contribution in [-0.4, -0.2) is 37.6 Å². The SMILES string of the molecule is CN(CCc1cccc(N)c1)C(=O)C1CCOC1. The quantitative estimate of drug-likeness (QED) is 0.817. The van der Waals surface area contributed by atoms with Crippen LogP contribution in [0.2, 0.25) is 0 Å². The lowest BCUT2D eigenvalue weighted by Gasteiger charge is -2.20. The fourth-order valence-electron chi connectivity index (χ4n) is 2.20. The van der Waals surface area contributed by atoms with Crippen molar-refractivity contribution in [1.82, 2.24) is 4.90 Å². The molecule has 4 nitrogen and oxygen atoms in total. The van der Waals surface area contributed by atoms with Crippen LogP contribution in [0.4, 0.5) is 5.69 Å². The van der Waals surface area contributed by atoms with Crippen LogP contribution >= 0.6 is 0 Å². The molecule has 4 heteroatoms. The summed E-state index contributed by atoms with van der Waals surface area (Å²) in [6.07, 6.45) is 1.68. The number of hydrogen-bond donors (Lipinski definition) is 1. The molecule has 2 N–H and O–H groups in total. The van der Waals surface area contributed by atoms with E-state index in [4.69, 9.17) is 10.5 Å². The molecule has 1 unspecified atom stereocenters. The van der Waals surface area contributed by atoms with Gasteiger partial charge in [0, 0.05) is 25.9 Å². The lowest BCUT2D eigenvalue weighted by molar-refractivity contribution is -0.134. The summed E-state index contributed by atoms with van der Waals surface area (Å²) in [6, 6.07) is 7.80. The zero-order valence-corrected chi connectivity index (χ0v) is 10.8. The molecule has 1 aromatic carbocycles. The predicted octanol–water partition coefficient (Wildman–Crippen LogP) is 1.31. The van der Waals surface area contributed by atoms with E-state index in [1.807, 2.05) is 31.3 Å². The third-order valence-electron chi connectivity index (χ3n) is 3.34. The molecule has 1 fully saturated rings. The lowest BCUT2D eigenvalue weighted by Crippen LogP contribution is -2.34. The van der Waals surface area contributed by atoms with E-state index in [-0.39, 0.29) is 11.8 Å². The molecule has 0 saturated carbocycles. The third-order valence-corrected chi connectivity index (χ3v) is 3.34. The minimum absolute atomic E-state index is 0.0517. The van der Waals surface area contributed by atoms with E-state index in [1.165, 1.54) is 0 Å². The predicted molar refractivity (Wildman–Crippen MR) is 71.1 cm³/mol. The summed E-state index contributed by atoms with van der Waals surface area (Å²) in [7, 11) is 1.85. The minimum Gasteiger partial charge on any atom is -0.399 e. The summed E-state index contributed by atoms with van der Waals surface area (Å²) < 4.78 is 5.24. The van der Waals surface area contributed by atoms with Gasteiger partial charge in [-0.3, -0.25) is 4.79 Å². The molecule has 0 spiro atoms. The van der Waals surface area contributed by atoms with Gasteiger partial charge in [-0.15, -0.1) is 0 Å². The van der Waals surface area contributed by atoms with E-state index >= 15 is 0 Å². The molecular formula is C14H20N2O2. The number of anilines is 1. The Morgan fingerprint density at radius 2 is 2.39 bits per heavy atom. The van der Waals surface area contributed by atoms with E-state index in [0.717, 1.165) is 30.6 Å². The topological polar surface area (TPSA) is 55.6 Å². The number of nitrogen functional groups attached to an aromatic ring is 1. The van der Waals surface area contributed by atoms with Crippen molar-refractivity contribution in [2.45, 2.75) is 12.8 Å². The van der Waals surface area contributed by atoms with Crippen molar-refractivity contribution < 1.29 is 9.53 Å². The molecule has 1 heterocycles. The molecule has 0 aliphatic carbocycles. The Balaban J connectivity index is 1.84. The zero-order chi connectivity index (χ0) is 13.0. The second kappa shape index (κ2) is 5.87. The number of hydrogen-bond acceptors (Lipinski definition) is 3. The second-order valence-corrected chi connectivity index (χ2v) is 4.82. The van der Waals surface area contributed by atoms with Gasteiger partial charge in [0.15, 0.2) is 0 Å². The smallest absolute Gasteiger partial charge is 0.227 e. The Bertz CT molecular complexity index is 414. The Hall–Kier alpha value is -1.55. The van der Waals surface area contributed by atoms with Crippen LogP contribution in [-0.2, 0) is 16.0 Å². The standard InChI is InChI=1S/C14H20N2O2/c1-16(14(17)12-6-8-18-10-12)7-5-11-3-2-4-13(15)9-11/h2-4,9,12H,5-8,10,15H2,1H3. The van der Waals surface area contributed by atoms with E-state index in [1.54, 1.807) is 4.90 Å². The van der Waals surface area contributed by atoms with Crippen molar-refractivity contribution in [2.75, 3.05) is 32.5 Å². The largest absolute Gasteiger partial charge is 0.399 e. The highest BCUT2D eigenvalue weighted by atomic mass is 16.5. The fourth-order valence-corrected chi connectivity index (χ4v) is 2.20. The highest BCUT2D eigenvalue weighted by molar-refractivity contribution is 5.78. The number of benzene rings is 1. The average Bonchev–Trinajstić information content (AvgIpc) is 2.89. The average molecular weight is 248 g/mol. The summed E-state index contributed by atoms with van der Waals surface area (Å²) in [6.45, 7) is 2.00.